The van der Waals surface area contributed by atoms with Crippen molar-refractivity contribution in [3.05, 3.63) is 51.2 Å². The van der Waals surface area contributed by atoms with Crippen LogP contribution < -0.4 is 5.56 Å². The average molecular weight is 321 g/mol. The van der Waals surface area contributed by atoms with Crippen molar-refractivity contribution >= 4 is 28.2 Å². The lowest BCUT2D eigenvalue weighted by Crippen LogP contribution is -2.10. The van der Waals surface area contributed by atoms with Crippen molar-refractivity contribution in [1.29, 1.82) is 0 Å². The van der Waals surface area contributed by atoms with E-state index in [4.69, 9.17) is 11.6 Å². The molecule has 0 fully saturated rings. The van der Waals surface area contributed by atoms with Crippen LogP contribution in [0.5, 0.6) is 0 Å². The van der Waals surface area contributed by atoms with E-state index in [9.17, 15) is 4.79 Å². The van der Waals surface area contributed by atoms with Gasteiger partial charge in [-0.3, -0.25) is 9.89 Å². The summed E-state index contributed by atoms with van der Waals surface area (Å²) >= 11 is 6.32. The largest absolute Gasteiger partial charge is 0.310 e. The lowest BCUT2D eigenvalue weighted by atomic mass is 10.1. The van der Waals surface area contributed by atoms with Gasteiger partial charge in [0, 0.05) is 10.6 Å². The minimum absolute atomic E-state index is 0.246. The van der Waals surface area contributed by atoms with Gasteiger partial charge >= 0.3 is 0 Å². The molecule has 0 aliphatic rings. The van der Waals surface area contributed by atoms with Gasteiger partial charge in [0.2, 0.25) is 0 Å². The fraction of sp³-hybridized carbons (Fsp3) is 0.312. The van der Waals surface area contributed by atoms with Gasteiger partial charge in [0.25, 0.3) is 5.56 Å². The maximum absolute atomic E-state index is 12.1. The molecule has 2 heterocycles. The van der Waals surface area contributed by atoms with E-state index in [-0.39, 0.29) is 5.56 Å². The Bertz CT molecular complexity index is 792. The SMILES string of the molecule is C=C/C=C(\C(Cl)=C(C)C)c1[nH]nc2nc(C)[nH]c(=O)c12.CC. The molecule has 2 aromatic heterocycles. The summed E-state index contributed by atoms with van der Waals surface area (Å²) in [5, 5.41) is 7.85. The van der Waals surface area contributed by atoms with Gasteiger partial charge in [0.05, 0.1) is 5.69 Å². The Morgan fingerprint density at radius 3 is 2.50 bits per heavy atom. The number of aromatic amines is 2. The molecule has 2 N–H and O–H groups in total. The predicted octanol–water partition coefficient (Wildman–Crippen LogP) is 4.08. The molecule has 0 aliphatic heterocycles. The van der Waals surface area contributed by atoms with E-state index in [2.05, 4.69) is 26.7 Å². The van der Waals surface area contributed by atoms with Crippen LogP contribution in [0.4, 0.5) is 0 Å². The number of rotatable bonds is 3. The summed E-state index contributed by atoms with van der Waals surface area (Å²) < 4.78 is 0. The third-order valence-corrected chi connectivity index (χ3v) is 3.35. The van der Waals surface area contributed by atoms with Crippen LogP contribution in [0.3, 0.4) is 0 Å². The zero-order valence-electron chi connectivity index (χ0n) is 13.5. The normalized spacial score (nSPS) is 10.9. The first-order chi connectivity index (χ1) is 10.5. The monoisotopic (exact) mass is 320 g/mol. The van der Waals surface area contributed by atoms with E-state index in [1.54, 1.807) is 19.1 Å². The van der Waals surface area contributed by atoms with Crippen molar-refractivity contribution in [2.24, 2.45) is 0 Å². The minimum Gasteiger partial charge on any atom is -0.310 e. The Hall–Kier alpha value is -2.14. The summed E-state index contributed by atoms with van der Waals surface area (Å²) in [6.45, 7) is 13.2. The third kappa shape index (κ3) is 3.54. The zero-order valence-corrected chi connectivity index (χ0v) is 14.3. The van der Waals surface area contributed by atoms with E-state index in [0.29, 0.717) is 33.2 Å². The second-order valence-electron chi connectivity index (χ2n) is 4.58. The van der Waals surface area contributed by atoms with Crippen LogP contribution in [0.25, 0.3) is 16.6 Å². The maximum atomic E-state index is 12.1. The summed E-state index contributed by atoms with van der Waals surface area (Å²) in [5.74, 6) is 0.517. The van der Waals surface area contributed by atoms with Gasteiger partial charge in [0.15, 0.2) is 5.65 Å². The van der Waals surface area contributed by atoms with Gasteiger partial charge in [0.1, 0.15) is 11.2 Å². The van der Waals surface area contributed by atoms with Gasteiger partial charge in [-0.1, -0.05) is 49.8 Å². The highest BCUT2D eigenvalue weighted by molar-refractivity contribution is 6.37. The molecule has 0 spiro atoms. The minimum atomic E-state index is -0.246. The highest BCUT2D eigenvalue weighted by Gasteiger charge is 2.17. The number of nitrogens with one attached hydrogen (secondary N) is 2. The smallest absolute Gasteiger partial charge is 0.262 e. The zero-order chi connectivity index (χ0) is 16.9. The van der Waals surface area contributed by atoms with Crippen molar-refractivity contribution in [3.8, 4) is 0 Å². The Kier molecular flexibility index (Phi) is 6.31. The Balaban J connectivity index is 0.00000116. The number of fused-ring (bicyclic) bond motifs is 1. The van der Waals surface area contributed by atoms with Crippen LogP contribution in [0.15, 0.2) is 34.1 Å². The molecule has 2 rings (SSSR count). The third-order valence-electron chi connectivity index (χ3n) is 2.77. The van der Waals surface area contributed by atoms with Crippen LogP contribution >= 0.6 is 11.6 Å². The predicted molar refractivity (Wildman–Crippen MR) is 93.0 cm³/mol. The molecule has 0 radical (unpaired) electrons. The second-order valence-corrected chi connectivity index (χ2v) is 4.96. The van der Waals surface area contributed by atoms with Gasteiger partial charge < -0.3 is 4.98 Å². The molecular weight excluding hydrogens is 300 g/mol. The summed E-state index contributed by atoms with van der Waals surface area (Å²) in [7, 11) is 0. The summed E-state index contributed by atoms with van der Waals surface area (Å²) in [4.78, 5) is 19.0. The average Bonchev–Trinajstić information content (AvgIpc) is 2.89. The number of hydrogen-bond donors (Lipinski definition) is 2. The molecule has 0 saturated carbocycles. The van der Waals surface area contributed by atoms with E-state index < -0.39 is 0 Å². The molecule has 22 heavy (non-hydrogen) atoms. The first kappa shape index (κ1) is 17.9. The molecule has 2 aromatic rings. The fourth-order valence-corrected chi connectivity index (χ4v) is 2.05. The van der Waals surface area contributed by atoms with E-state index in [0.717, 1.165) is 5.57 Å². The summed E-state index contributed by atoms with van der Waals surface area (Å²) in [5.41, 5.74) is 2.26. The van der Waals surface area contributed by atoms with E-state index >= 15 is 0 Å². The Morgan fingerprint density at radius 2 is 1.95 bits per heavy atom. The molecule has 0 aromatic carbocycles. The summed E-state index contributed by atoms with van der Waals surface area (Å²) in [6.07, 6.45) is 3.35. The second kappa shape index (κ2) is 7.75. The van der Waals surface area contributed by atoms with Gasteiger partial charge in [-0.05, 0) is 20.8 Å². The van der Waals surface area contributed by atoms with E-state index in [1.165, 1.54) is 0 Å². The number of aryl methyl sites for hydroxylation is 1. The molecule has 0 atom stereocenters. The number of nitrogens with zero attached hydrogens (tertiary/aromatic N) is 2. The highest BCUT2D eigenvalue weighted by atomic mass is 35.5. The maximum Gasteiger partial charge on any atom is 0.262 e. The molecule has 0 bridgehead atoms. The van der Waals surface area contributed by atoms with Crippen LogP contribution in [0, 0.1) is 6.92 Å². The van der Waals surface area contributed by atoms with Gasteiger partial charge in [-0.15, -0.1) is 0 Å². The number of aromatic nitrogens is 4. The molecule has 0 unspecified atom stereocenters. The number of H-pyrrole nitrogens is 2. The first-order valence-electron chi connectivity index (χ1n) is 7.07. The first-order valence-corrected chi connectivity index (χ1v) is 7.45. The van der Waals surface area contributed by atoms with E-state index in [1.807, 2.05) is 27.7 Å². The van der Waals surface area contributed by atoms with Gasteiger partial charge in [-0.2, -0.15) is 5.10 Å². The molecule has 118 valence electrons. The van der Waals surface area contributed by atoms with Crippen molar-refractivity contribution < 1.29 is 0 Å². The number of halogens is 1. The molecule has 5 nitrogen and oxygen atoms in total. The van der Waals surface area contributed by atoms with Crippen LogP contribution in [-0.4, -0.2) is 20.2 Å². The Labute approximate surface area is 134 Å². The van der Waals surface area contributed by atoms with Crippen molar-refractivity contribution in [3.63, 3.8) is 0 Å². The summed E-state index contributed by atoms with van der Waals surface area (Å²) in [6, 6.07) is 0. The fourth-order valence-electron chi connectivity index (χ4n) is 1.89. The molecule has 0 saturated heterocycles. The standard InChI is InChI=1S/C14H15ClN4O.C2H6/c1-5-6-9(11(15)7(2)3)12-10-13(19-18-12)16-8(4)17-14(10)20;1-2/h5-6H,1H2,2-4H3,(H2,16,17,18,19,20);1-2H3/b9-6+;. The lowest BCUT2D eigenvalue weighted by molar-refractivity contribution is 1.03. The molecular formula is C16H21ClN4O. The quantitative estimate of drug-likeness (QED) is 0.837. The topological polar surface area (TPSA) is 74.4 Å². The Morgan fingerprint density at radius 1 is 1.32 bits per heavy atom. The molecule has 0 aliphatic carbocycles. The van der Waals surface area contributed by atoms with Gasteiger partial charge in [-0.25, -0.2) is 4.98 Å². The van der Waals surface area contributed by atoms with Crippen LogP contribution in [0.2, 0.25) is 0 Å². The molecule has 0 amide bonds. The van der Waals surface area contributed by atoms with Crippen molar-refractivity contribution in [2.75, 3.05) is 0 Å². The molecule has 6 heteroatoms. The highest BCUT2D eigenvalue weighted by Crippen LogP contribution is 2.30. The lowest BCUT2D eigenvalue weighted by Gasteiger charge is -2.06. The van der Waals surface area contributed by atoms with Crippen LogP contribution in [0.1, 0.15) is 39.2 Å². The number of hydrogen-bond acceptors (Lipinski definition) is 3. The van der Waals surface area contributed by atoms with Crippen molar-refractivity contribution in [2.45, 2.75) is 34.6 Å². The number of allylic oxidation sites excluding steroid dienone is 5. The van der Waals surface area contributed by atoms with Crippen molar-refractivity contribution in [1.82, 2.24) is 20.2 Å². The van der Waals surface area contributed by atoms with Crippen LogP contribution in [-0.2, 0) is 0 Å².